The SMILES string of the molecule is CN(Cc1cc(F)cc2c1OCOC2)CC(C)(C)O. The Kier molecular flexibility index (Phi) is 4.08. The lowest BCUT2D eigenvalue weighted by Crippen LogP contribution is -2.36. The molecule has 0 aliphatic carbocycles. The summed E-state index contributed by atoms with van der Waals surface area (Å²) in [5.74, 6) is 0.412. The fourth-order valence-electron chi connectivity index (χ4n) is 2.38. The Morgan fingerprint density at radius 1 is 1.42 bits per heavy atom. The Morgan fingerprint density at radius 2 is 2.16 bits per heavy atom. The first-order chi connectivity index (χ1) is 8.85. The van der Waals surface area contributed by atoms with Crippen molar-refractivity contribution >= 4 is 0 Å². The maximum absolute atomic E-state index is 13.6. The minimum atomic E-state index is -0.786. The van der Waals surface area contributed by atoms with Crippen LogP contribution in [0, 0.1) is 5.82 Å². The number of nitrogens with zero attached hydrogens (tertiary/aromatic N) is 1. The Morgan fingerprint density at radius 3 is 2.84 bits per heavy atom. The van der Waals surface area contributed by atoms with Gasteiger partial charge >= 0.3 is 0 Å². The zero-order valence-electron chi connectivity index (χ0n) is 11.6. The van der Waals surface area contributed by atoms with Crippen LogP contribution in [-0.4, -0.2) is 36.0 Å². The number of hydrogen-bond donors (Lipinski definition) is 1. The molecule has 0 fully saturated rings. The summed E-state index contributed by atoms with van der Waals surface area (Å²) in [5.41, 5.74) is 0.731. The fourth-order valence-corrected chi connectivity index (χ4v) is 2.38. The average molecular weight is 269 g/mol. The highest BCUT2D eigenvalue weighted by atomic mass is 19.1. The van der Waals surface area contributed by atoms with Crippen LogP contribution < -0.4 is 4.74 Å². The summed E-state index contributed by atoms with van der Waals surface area (Å²) in [6, 6.07) is 2.92. The molecule has 1 aromatic carbocycles. The van der Waals surface area contributed by atoms with E-state index in [0.717, 1.165) is 11.1 Å². The van der Waals surface area contributed by atoms with Gasteiger partial charge in [-0.3, -0.25) is 4.90 Å². The van der Waals surface area contributed by atoms with Gasteiger partial charge in [0.1, 0.15) is 11.6 Å². The highest BCUT2D eigenvalue weighted by molar-refractivity contribution is 5.42. The largest absolute Gasteiger partial charge is 0.467 e. The topological polar surface area (TPSA) is 41.9 Å². The predicted molar refractivity (Wildman–Crippen MR) is 69.3 cm³/mol. The molecule has 4 nitrogen and oxygen atoms in total. The van der Waals surface area contributed by atoms with Crippen molar-refractivity contribution in [3.63, 3.8) is 0 Å². The first kappa shape index (κ1) is 14.2. The molecule has 0 unspecified atom stereocenters. The van der Waals surface area contributed by atoms with Gasteiger partial charge in [0.2, 0.25) is 0 Å². The number of fused-ring (bicyclic) bond motifs is 1. The monoisotopic (exact) mass is 269 g/mol. The van der Waals surface area contributed by atoms with Crippen LogP contribution in [0.2, 0.25) is 0 Å². The van der Waals surface area contributed by atoms with Gasteiger partial charge in [-0.25, -0.2) is 4.39 Å². The van der Waals surface area contributed by atoms with E-state index in [9.17, 15) is 9.50 Å². The van der Waals surface area contributed by atoms with Gasteiger partial charge in [-0.1, -0.05) is 0 Å². The van der Waals surface area contributed by atoms with Crippen LogP contribution in [0.4, 0.5) is 4.39 Å². The minimum Gasteiger partial charge on any atom is -0.467 e. The number of aliphatic hydroxyl groups is 1. The van der Waals surface area contributed by atoms with E-state index in [1.807, 2.05) is 11.9 Å². The molecule has 0 amide bonds. The van der Waals surface area contributed by atoms with Crippen LogP contribution in [0.3, 0.4) is 0 Å². The highest BCUT2D eigenvalue weighted by Gasteiger charge is 2.20. The van der Waals surface area contributed by atoms with Gasteiger partial charge < -0.3 is 14.6 Å². The lowest BCUT2D eigenvalue weighted by atomic mass is 10.1. The normalized spacial score (nSPS) is 15.3. The van der Waals surface area contributed by atoms with Crippen molar-refractivity contribution in [3.8, 4) is 5.75 Å². The van der Waals surface area contributed by atoms with Crippen LogP contribution in [0.5, 0.6) is 5.75 Å². The van der Waals surface area contributed by atoms with E-state index in [1.165, 1.54) is 12.1 Å². The number of ether oxygens (including phenoxy) is 2. The molecule has 0 spiro atoms. The molecule has 1 heterocycles. The van der Waals surface area contributed by atoms with Gasteiger partial charge in [0.25, 0.3) is 0 Å². The third-order valence-electron chi connectivity index (χ3n) is 2.85. The Balaban J connectivity index is 2.18. The Hall–Kier alpha value is -1.17. The number of hydrogen-bond acceptors (Lipinski definition) is 4. The van der Waals surface area contributed by atoms with Crippen molar-refractivity contribution in [3.05, 3.63) is 29.1 Å². The minimum absolute atomic E-state index is 0.195. The van der Waals surface area contributed by atoms with Crippen LogP contribution in [0.25, 0.3) is 0 Å². The summed E-state index contributed by atoms with van der Waals surface area (Å²) < 4.78 is 24.2. The summed E-state index contributed by atoms with van der Waals surface area (Å²) in [4.78, 5) is 1.94. The maximum atomic E-state index is 13.6. The van der Waals surface area contributed by atoms with E-state index < -0.39 is 5.60 Å². The van der Waals surface area contributed by atoms with Crippen molar-refractivity contribution in [1.29, 1.82) is 0 Å². The predicted octanol–water partition coefficient (Wildman–Crippen LogP) is 1.89. The molecule has 1 aromatic rings. The van der Waals surface area contributed by atoms with Crippen molar-refractivity contribution in [2.45, 2.75) is 32.6 Å². The molecule has 5 heteroatoms. The van der Waals surface area contributed by atoms with Crippen LogP contribution in [-0.2, 0) is 17.9 Å². The summed E-state index contributed by atoms with van der Waals surface area (Å²) in [7, 11) is 1.88. The number of likely N-dealkylation sites (N-methyl/N-ethyl adjacent to an activating group) is 1. The Labute approximate surface area is 112 Å². The lowest BCUT2D eigenvalue weighted by Gasteiger charge is -2.27. The first-order valence-electron chi connectivity index (χ1n) is 6.28. The summed E-state index contributed by atoms with van der Waals surface area (Å²) in [6.45, 7) is 5.07. The molecule has 1 aliphatic heterocycles. The van der Waals surface area contributed by atoms with Gasteiger partial charge in [0, 0.05) is 24.2 Å². The molecule has 0 radical (unpaired) electrons. The van der Waals surface area contributed by atoms with E-state index in [1.54, 1.807) is 13.8 Å². The number of halogens is 1. The zero-order valence-corrected chi connectivity index (χ0v) is 11.6. The van der Waals surface area contributed by atoms with E-state index in [0.29, 0.717) is 25.4 Å². The molecule has 106 valence electrons. The van der Waals surface area contributed by atoms with E-state index >= 15 is 0 Å². The summed E-state index contributed by atoms with van der Waals surface area (Å²) in [6.07, 6.45) is 0. The molecule has 0 atom stereocenters. The van der Waals surface area contributed by atoms with Gasteiger partial charge in [0.15, 0.2) is 6.79 Å². The van der Waals surface area contributed by atoms with E-state index in [-0.39, 0.29) is 12.6 Å². The zero-order chi connectivity index (χ0) is 14.0. The van der Waals surface area contributed by atoms with Gasteiger partial charge in [-0.15, -0.1) is 0 Å². The number of benzene rings is 1. The molecule has 0 saturated carbocycles. The summed E-state index contributed by atoms with van der Waals surface area (Å²) >= 11 is 0. The van der Waals surface area contributed by atoms with E-state index in [2.05, 4.69) is 0 Å². The standard InChI is InChI=1S/C14H20FNO3/c1-14(2,17)8-16(3)6-10-4-12(15)5-11-7-18-9-19-13(10)11/h4-5,17H,6-9H2,1-3H3. The second-order valence-electron chi connectivity index (χ2n) is 5.65. The molecule has 1 N–H and O–H groups in total. The van der Waals surface area contributed by atoms with Gasteiger partial charge in [-0.05, 0) is 33.0 Å². The average Bonchev–Trinajstić information content (AvgIpc) is 2.25. The van der Waals surface area contributed by atoms with Crippen molar-refractivity contribution in [2.24, 2.45) is 0 Å². The smallest absolute Gasteiger partial charge is 0.189 e. The third kappa shape index (κ3) is 3.89. The van der Waals surface area contributed by atoms with Crippen LogP contribution in [0.15, 0.2) is 12.1 Å². The van der Waals surface area contributed by atoms with Crippen LogP contribution in [0.1, 0.15) is 25.0 Å². The van der Waals surface area contributed by atoms with Crippen molar-refractivity contribution < 1.29 is 19.0 Å². The molecular formula is C14H20FNO3. The lowest BCUT2D eigenvalue weighted by molar-refractivity contribution is -0.0180. The second kappa shape index (κ2) is 5.45. The maximum Gasteiger partial charge on any atom is 0.189 e. The third-order valence-corrected chi connectivity index (χ3v) is 2.85. The second-order valence-corrected chi connectivity index (χ2v) is 5.65. The quantitative estimate of drug-likeness (QED) is 0.906. The highest BCUT2D eigenvalue weighted by Crippen LogP contribution is 2.30. The van der Waals surface area contributed by atoms with Gasteiger partial charge in [0.05, 0.1) is 12.2 Å². The molecule has 0 saturated heterocycles. The summed E-state index contributed by atoms with van der Waals surface area (Å²) in [5, 5.41) is 9.79. The first-order valence-corrected chi connectivity index (χ1v) is 6.28. The molecular weight excluding hydrogens is 249 g/mol. The molecule has 0 bridgehead atoms. The molecule has 2 rings (SSSR count). The number of rotatable bonds is 4. The van der Waals surface area contributed by atoms with E-state index in [4.69, 9.17) is 9.47 Å². The Bertz CT molecular complexity index is 457. The van der Waals surface area contributed by atoms with Gasteiger partial charge in [-0.2, -0.15) is 0 Å². The molecule has 1 aliphatic rings. The molecule has 19 heavy (non-hydrogen) atoms. The van der Waals surface area contributed by atoms with Crippen LogP contribution >= 0.6 is 0 Å². The fraction of sp³-hybridized carbons (Fsp3) is 0.571. The van der Waals surface area contributed by atoms with Crippen molar-refractivity contribution in [1.82, 2.24) is 4.90 Å². The van der Waals surface area contributed by atoms with Crippen molar-refractivity contribution in [2.75, 3.05) is 20.4 Å². The molecule has 0 aromatic heterocycles.